The number of aryl methyl sites for hydroxylation is 1. The molecule has 0 saturated heterocycles. The van der Waals surface area contributed by atoms with Crippen LogP contribution in [0.1, 0.15) is 36.5 Å². The number of hydrogen-bond donors (Lipinski definition) is 0. The number of ether oxygens (including phenoxy) is 1. The fraction of sp³-hybridized carbons (Fsp3) is 0.333. The standard InChI is InChI=1S/C24H27NO4/c1-4-14-25(16-18-8-6-5-7-9-18)23(26)13-12-21-17(2)20-11-10-19(28-3)15-22(20)29-24(21)27/h5-11,15H,4,12-14,16H2,1-3H3. The number of nitrogens with zero attached hydrogens (tertiary/aromatic N) is 1. The molecule has 0 bridgehead atoms. The highest BCUT2D eigenvalue weighted by molar-refractivity contribution is 5.82. The second kappa shape index (κ2) is 9.41. The molecule has 3 rings (SSSR count). The quantitative estimate of drug-likeness (QED) is 0.530. The number of carbonyl (C=O) groups excluding carboxylic acids is 1. The highest BCUT2D eigenvalue weighted by Crippen LogP contribution is 2.24. The van der Waals surface area contributed by atoms with Gasteiger partial charge in [0.05, 0.1) is 7.11 Å². The Morgan fingerprint density at radius 2 is 1.90 bits per heavy atom. The Morgan fingerprint density at radius 3 is 2.59 bits per heavy atom. The summed E-state index contributed by atoms with van der Waals surface area (Å²) < 4.78 is 10.7. The lowest BCUT2D eigenvalue weighted by Gasteiger charge is -2.22. The Bertz CT molecular complexity index is 1040. The highest BCUT2D eigenvalue weighted by atomic mass is 16.5. The third-order valence-electron chi connectivity index (χ3n) is 5.15. The van der Waals surface area contributed by atoms with Crippen LogP contribution >= 0.6 is 0 Å². The van der Waals surface area contributed by atoms with E-state index in [9.17, 15) is 9.59 Å². The van der Waals surface area contributed by atoms with Crippen LogP contribution in [0.3, 0.4) is 0 Å². The minimum absolute atomic E-state index is 0.0457. The number of benzene rings is 2. The first kappa shape index (κ1) is 20.6. The van der Waals surface area contributed by atoms with Crippen molar-refractivity contribution in [3.05, 3.63) is 75.6 Å². The van der Waals surface area contributed by atoms with Gasteiger partial charge in [0.2, 0.25) is 5.91 Å². The van der Waals surface area contributed by atoms with Gasteiger partial charge in [-0.05, 0) is 43.0 Å². The van der Waals surface area contributed by atoms with Crippen molar-refractivity contribution in [3.8, 4) is 5.75 Å². The number of hydrogen-bond acceptors (Lipinski definition) is 4. The summed E-state index contributed by atoms with van der Waals surface area (Å²) in [4.78, 5) is 27.2. The van der Waals surface area contributed by atoms with E-state index in [2.05, 4.69) is 6.92 Å². The van der Waals surface area contributed by atoms with E-state index in [1.165, 1.54) is 0 Å². The van der Waals surface area contributed by atoms with E-state index >= 15 is 0 Å². The molecule has 1 aromatic heterocycles. The van der Waals surface area contributed by atoms with Gasteiger partial charge in [0.25, 0.3) is 0 Å². The topological polar surface area (TPSA) is 59.8 Å². The van der Waals surface area contributed by atoms with E-state index in [4.69, 9.17) is 9.15 Å². The Morgan fingerprint density at radius 1 is 1.14 bits per heavy atom. The van der Waals surface area contributed by atoms with Crippen LogP contribution in [0.4, 0.5) is 0 Å². The van der Waals surface area contributed by atoms with Crippen LogP contribution in [0, 0.1) is 6.92 Å². The van der Waals surface area contributed by atoms with Gasteiger partial charge in [-0.25, -0.2) is 4.79 Å². The van der Waals surface area contributed by atoms with Crippen LogP contribution in [0.15, 0.2) is 57.7 Å². The monoisotopic (exact) mass is 393 g/mol. The minimum atomic E-state index is -0.388. The highest BCUT2D eigenvalue weighted by Gasteiger charge is 2.17. The molecule has 0 saturated carbocycles. The van der Waals surface area contributed by atoms with Gasteiger partial charge in [0.1, 0.15) is 11.3 Å². The zero-order valence-electron chi connectivity index (χ0n) is 17.2. The zero-order valence-corrected chi connectivity index (χ0v) is 17.2. The number of carbonyl (C=O) groups is 1. The fourth-order valence-corrected chi connectivity index (χ4v) is 3.55. The van der Waals surface area contributed by atoms with Crippen molar-refractivity contribution in [1.82, 2.24) is 4.90 Å². The van der Waals surface area contributed by atoms with Crippen molar-refractivity contribution < 1.29 is 13.9 Å². The van der Waals surface area contributed by atoms with Crippen molar-refractivity contribution in [3.63, 3.8) is 0 Å². The molecule has 0 radical (unpaired) electrons. The maximum atomic E-state index is 12.9. The fourth-order valence-electron chi connectivity index (χ4n) is 3.55. The van der Waals surface area contributed by atoms with Gasteiger partial charge in [-0.2, -0.15) is 0 Å². The van der Waals surface area contributed by atoms with Gasteiger partial charge >= 0.3 is 5.63 Å². The average Bonchev–Trinajstić information content (AvgIpc) is 2.73. The largest absolute Gasteiger partial charge is 0.497 e. The molecular weight excluding hydrogens is 366 g/mol. The van der Waals surface area contributed by atoms with Gasteiger partial charge in [-0.15, -0.1) is 0 Å². The van der Waals surface area contributed by atoms with Gasteiger partial charge in [-0.1, -0.05) is 37.3 Å². The summed E-state index contributed by atoms with van der Waals surface area (Å²) in [5.74, 6) is 0.684. The third kappa shape index (κ3) is 4.86. The van der Waals surface area contributed by atoms with E-state index < -0.39 is 0 Å². The molecule has 0 N–H and O–H groups in total. The summed E-state index contributed by atoms with van der Waals surface area (Å²) in [7, 11) is 1.57. The maximum Gasteiger partial charge on any atom is 0.339 e. The first-order valence-corrected chi connectivity index (χ1v) is 9.95. The zero-order chi connectivity index (χ0) is 20.8. The lowest BCUT2D eigenvalue weighted by molar-refractivity contribution is -0.131. The molecule has 1 amide bonds. The van der Waals surface area contributed by atoms with Crippen molar-refractivity contribution in [2.45, 2.75) is 39.7 Å². The van der Waals surface area contributed by atoms with Crippen LogP contribution in [0.25, 0.3) is 11.0 Å². The second-order valence-electron chi connectivity index (χ2n) is 7.16. The summed E-state index contributed by atoms with van der Waals surface area (Å²) in [5, 5.41) is 0.863. The van der Waals surface area contributed by atoms with E-state index in [-0.39, 0.29) is 18.0 Å². The third-order valence-corrected chi connectivity index (χ3v) is 5.15. The molecule has 2 aromatic carbocycles. The SMILES string of the molecule is CCCN(Cc1ccccc1)C(=O)CCc1c(C)c2ccc(OC)cc2oc1=O. The molecule has 3 aromatic rings. The molecule has 1 heterocycles. The van der Waals surface area contributed by atoms with Gasteiger partial charge in [0.15, 0.2) is 0 Å². The molecule has 5 nitrogen and oxygen atoms in total. The predicted molar refractivity (Wildman–Crippen MR) is 114 cm³/mol. The van der Waals surface area contributed by atoms with E-state index in [0.717, 1.165) is 22.9 Å². The van der Waals surface area contributed by atoms with Crippen molar-refractivity contribution in [2.24, 2.45) is 0 Å². The maximum absolute atomic E-state index is 12.9. The van der Waals surface area contributed by atoms with Gasteiger partial charge in [-0.3, -0.25) is 4.79 Å². The number of rotatable bonds is 8. The summed E-state index contributed by atoms with van der Waals surface area (Å²) in [6.45, 7) is 5.23. The molecule has 5 heteroatoms. The van der Waals surface area contributed by atoms with E-state index in [0.29, 0.717) is 36.4 Å². The average molecular weight is 393 g/mol. The summed E-state index contributed by atoms with van der Waals surface area (Å²) >= 11 is 0. The Kier molecular flexibility index (Phi) is 6.70. The lowest BCUT2D eigenvalue weighted by atomic mass is 10.0. The smallest absolute Gasteiger partial charge is 0.339 e. The molecule has 0 fully saturated rings. The molecule has 152 valence electrons. The van der Waals surface area contributed by atoms with Crippen LogP contribution < -0.4 is 10.4 Å². The Hall–Kier alpha value is -3.08. The summed E-state index contributed by atoms with van der Waals surface area (Å²) in [5.41, 5.74) is 2.63. The van der Waals surface area contributed by atoms with E-state index in [1.807, 2.05) is 54.3 Å². The van der Waals surface area contributed by atoms with Crippen molar-refractivity contribution in [2.75, 3.05) is 13.7 Å². The normalized spacial score (nSPS) is 10.9. The second-order valence-corrected chi connectivity index (χ2v) is 7.16. The van der Waals surface area contributed by atoms with Crippen LogP contribution in [0.5, 0.6) is 5.75 Å². The Labute approximate surface area is 170 Å². The first-order valence-electron chi connectivity index (χ1n) is 9.95. The minimum Gasteiger partial charge on any atom is -0.497 e. The molecule has 0 unspecified atom stereocenters. The summed E-state index contributed by atoms with van der Waals surface area (Å²) in [6, 6.07) is 15.4. The molecule has 0 aliphatic heterocycles. The molecular formula is C24H27NO4. The molecule has 0 aliphatic rings. The predicted octanol–water partition coefficient (Wildman–Crippen LogP) is 4.48. The van der Waals surface area contributed by atoms with Crippen LogP contribution in [-0.2, 0) is 17.8 Å². The molecule has 0 spiro atoms. The summed E-state index contributed by atoms with van der Waals surface area (Å²) in [6.07, 6.45) is 1.53. The van der Waals surface area contributed by atoms with Gasteiger partial charge in [0, 0.05) is 36.5 Å². The lowest BCUT2D eigenvalue weighted by Crippen LogP contribution is -2.31. The van der Waals surface area contributed by atoms with Crippen molar-refractivity contribution >= 4 is 16.9 Å². The number of methoxy groups -OCH3 is 1. The molecule has 0 atom stereocenters. The first-order chi connectivity index (χ1) is 14.0. The van der Waals surface area contributed by atoms with Crippen molar-refractivity contribution in [1.29, 1.82) is 0 Å². The Balaban J connectivity index is 1.77. The van der Waals surface area contributed by atoms with E-state index in [1.54, 1.807) is 13.2 Å². The molecule has 29 heavy (non-hydrogen) atoms. The number of amides is 1. The number of fused-ring (bicyclic) bond motifs is 1. The van der Waals surface area contributed by atoms with Crippen LogP contribution in [-0.4, -0.2) is 24.5 Å². The molecule has 0 aliphatic carbocycles. The van der Waals surface area contributed by atoms with Crippen LogP contribution in [0.2, 0.25) is 0 Å². The van der Waals surface area contributed by atoms with Gasteiger partial charge < -0.3 is 14.1 Å².